The van der Waals surface area contributed by atoms with E-state index in [1.807, 2.05) is 13.8 Å². The summed E-state index contributed by atoms with van der Waals surface area (Å²) >= 11 is 0. The highest BCUT2D eigenvalue weighted by atomic mass is 32.2. The van der Waals surface area contributed by atoms with Crippen LogP contribution in [0.1, 0.15) is 25.8 Å². The smallest absolute Gasteiger partial charge is 0.274 e. The van der Waals surface area contributed by atoms with Crippen LogP contribution in [0.3, 0.4) is 0 Å². The average molecular weight is 356 g/mol. The van der Waals surface area contributed by atoms with Crippen LogP contribution < -0.4 is 10.6 Å². The van der Waals surface area contributed by atoms with Crippen LogP contribution in [-0.4, -0.2) is 43.9 Å². The lowest BCUT2D eigenvalue weighted by atomic mass is 10.2. The second-order valence-corrected chi connectivity index (χ2v) is 7.80. The number of guanidine groups is 1. The van der Waals surface area contributed by atoms with Gasteiger partial charge >= 0.3 is 0 Å². The molecule has 0 radical (unpaired) electrons. The first kappa shape index (κ1) is 19.9. The van der Waals surface area contributed by atoms with Crippen LogP contribution in [0.15, 0.2) is 29.3 Å². The van der Waals surface area contributed by atoms with E-state index in [1.54, 1.807) is 18.2 Å². The molecule has 134 valence electrons. The van der Waals surface area contributed by atoms with Gasteiger partial charge < -0.3 is 10.6 Å². The molecule has 9 heteroatoms. The number of hydrogen-bond acceptors (Lipinski definition) is 5. The Balaban J connectivity index is 2.77. The molecule has 1 unspecified atom stereocenters. The van der Waals surface area contributed by atoms with Gasteiger partial charge in [0.05, 0.1) is 22.8 Å². The quantitative estimate of drug-likeness (QED) is 0.316. The highest BCUT2D eigenvalue weighted by Gasteiger charge is 2.13. The van der Waals surface area contributed by atoms with E-state index < -0.39 is 14.8 Å². The van der Waals surface area contributed by atoms with E-state index in [0.29, 0.717) is 24.5 Å². The molecule has 0 aliphatic rings. The third-order valence-corrected chi connectivity index (χ3v) is 4.22. The van der Waals surface area contributed by atoms with Crippen molar-refractivity contribution in [2.75, 3.05) is 18.6 Å². The maximum atomic E-state index is 11.2. The number of sulfone groups is 1. The second kappa shape index (κ2) is 9.21. The van der Waals surface area contributed by atoms with Crippen molar-refractivity contribution >= 4 is 21.5 Å². The summed E-state index contributed by atoms with van der Waals surface area (Å²) in [7, 11) is -3.01. The van der Waals surface area contributed by atoms with Crippen molar-refractivity contribution < 1.29 is 13.3 Å². The third kappa shape index (κ3) is 7.40. The largest absolute Gasteiger partial charge is 0.357 e. The molecule has 1 aromatic rings. The molecule has 0 aliphatic carbocycles. The summed E-state index contributed by atoms with van der Waals surface area (Å²) in [4.78, 5) is 14.9. The van der Waals surface area contributed by atoms with Gasteiger partial charge in [0.2, 0.25) is 0 Å². The van der Waals surface area contributed by atoms with Crippen LogP contribution in [-0.2, 0) is 16.4 Å². The predicted octanol–water partition coefficient (Wildman–Crippen LogP) is 1.47. The molecule has 1 atom stereocenters. The van der Waals surface area contributed by atoms with Crippen LogP contribution in [0.25, 0.3) is 0 Å². The zero-order chi connectivity index (χ0) is 18.2. The molecule has 0 bridgehead atoms. The summed E-state index contributed by atoms with van der Waals surface area (Å²) in [5.74, 6) is 0.585. The van der Waals surface area contributed by atoms with Gasteiger partial charge in [-0.3, -0.25) is 10.1 Å². The third-order valence-electron chi connectivity index (χ3n) is 3.24. The molecule has 2 N–H and O–H groups in total. The highest BCUT2D eigenvalue weighted by molar-refractivity contribution is 7.90. The van der Waals surface area contributed by atoms with Crippen molar-refractivity contribution in [1.82, 2.24) is 10.6 Å². The molecule has 0 spiro atoms. The van der Waals surface area contributed by atoms with E-state index in [1.165, 1.54) is 12.3 Å². The normalized spacial score (nSPS) is 13.4. The fourth-order valence-corrected chi connectivity index (χ4v) is 2.79. The minimum atomic E-state index is -3.01. The Morgan fingerprint density at radius 1 is 1.38 bits per heavy atom. The van der Waals surface area contributed by atoms with E-state index >= 15 is 0 Å². The van der Waals surface area contributed by atoms with Crippen LogP contribution in [0.4, 0.5) is 5.69 Å². The topological polar surface area (TPSA) is 114 Å². The zero-order valence-corrected chi connectivity index (χ0v) is 15.0. The molecule has 24 heavy (non-hydrogen) atoms. The highest BCUT2D eigenvalue weighted by Crippen LogP contribution is 2.18. The molecule has 1 rings (SSSR count). The molecule has 0 saturated carbocycles. The minimum Gasteiger partial charge on any atom is -0.357 e. The van der Waals surface area contributed by atoms with Crippen molar-refractivity contribution in [2.24, 2.45) is 4.99 Å². The van der Waals surface area contributed by atoms with E-state index in [9.17, 15) is 18.5 Å². The van der Waals surface area contributed by atoms with Gasteiger partial charge in [-0.2, -0.15) is 0 Å². The Kier molecular flexibility index (Phi) is 7.63. The van der Waals surface area contributed by atoms with E-state index in [0.717, 1.165) is 0 Å². The lowest BCUT2D eigenvalue weighted by Crippen LogP contribution is -2.42. The number of para-hydroxylation sites is 1. The summed E-state index contributed by atoms with van der Waals surface area (Å²) in [6.45, 7) is 4.55. The molecule has 0 saturated heterocycles. The van der Waals surface area contributed by atoms with Crippen molar-refractivity contribution in [3.8, 4) is 0 Å². The Bertz CT molecular complexity index is 688. The summed E-state index contributed by atoms with van der Waals surface area (Å²) in [6, 6.07) is 6.36. The zero-order valence-electron chi connectivity index (χ0n) is 14.2. The first-order chi connectivity index (χ1) is 11.2. The van der Waals surface area contributed by atoms with E-state index in [-0.39, 0.29) is 24.0 Å². The van der Waals surface area contributed by atoms with Crippen LogP contribution >= 0.6 is 0 Å². The van der Waals surface area contributed by atoms with Gasteiger partial charge in [-0.05, 0) is 20.3 Å². The molecule has 0 amide bonds. The molecule has 8 nitrogen and oxygen atoms in total. The molecule has 0 aromatic heterocycles. The molecular weight excluding hydrogens is 332 g/mol. The van der Waals surface area contributed by atoms with Crippen LogP contribution in [0, 0.1) is 10.1 Å². The molecule has 0 aliphatic heterocycles. The van der Waals surface area contributed by atoms with Gasteiger partial charge in [-0.25, -0.2) is 13.4 Å². The van der Waals surface area contributed by atoms with Gasteiger partial charge in [0.25, 0.3) is 5.69 Å². The number of hydrogen-bond donors (Lipinski definition) is 2. The van der Waals surface area contributed by atoms with Crippen molar-refractivity contribution in [3.63, 3.8) is 0 Å². The summed E-state index contributed by atoms with van der Waals surface area (Å²) < 4.78 is 22.4. The fraction of sp³-hybridized carbons (Fsp3) is 0.533. The Labute approximate surface area is 142 Å². The molecular formula is C15H24N4O4S. The van der Waals surface area contributed by atoms with Gasteiger partial charge in [0.1, 0.15) is 9.84 Å². The molecule has 0 heterocycles. The summed E-state index contributed by atoms with van der Waals surface area (Å²) in [5, 5.41) is 17.2. The number of nitro benzene ring substituents is 1. The van der Waals surface area contributed by atoms with Crippen molar-refractivity contribution in [1.29, 1.82) is 0 Å². The Hall–Kier alpha value is -2.16. The van der Waals surface area contributed by atoms with Gasteiger partial charge in [0, 0.05) is 24.9 Å². The SMILES string of the molecule is CCNC(=NCc1ccccc1[N+](=O)[O-])NC(C)CCS(C)(=O)=O. The predicted molar refractivity (Wildman–Crippen MR) is 94.8 cm³/mol. The van der Waals surface area contributed by atoms with Crippen LogP contribution in [0.2, 0.25) is 0 Å². The average Bonchev–Trinajstić information content (AvgIpc) is 2.50. The Morgan fingerprint density at radius 2 is 2.04 bits per heavy atom. The molecule has 1 aromatic carbocycles. The fourth-order valence-electron chi connectivity index (χ4n) is 2.00. The summed E-state index contributed by atoms with van der Waals surface area (Å²) in [5.41, 5.74) is 0.547. The number of aliphatic imine (C=N–C) groups is 1. The van der Waals surface area contributed by atoms with Gasteiger partial charge in [0.15, 0.2) is 5.96 Å². The number of nitrogens with zero attached hydrogens (tertiary/aromatic N) is 2. The van der Waals surface area contributed by atoms with Crippen LogP contribution in [0.5, 0.6) is 0 Å². The number of benzene rings is 1. The summed E-state index contributed by atoms with van der Waals surface area (Å²) in [6.07, 6.45) is 1.66. The monoisotopic (exact) mass is 356 g/mol. The van der Waals surface area contributed by atoms with Crippen molar-refractivity contribution in [3.05, 3.63) is 39.9 Å². The van der Waals surface area contributed by atoms with E-state index in [2.05, 4.69) is 15.6 Å². The van der Waals surface area contributed by atoms with Gasteiger partial charge in [-0.1, -0.05) is 18.2 Å². The second-order valence-electron chi connectivity index (χ2n) is 5.54. The molecule has 0 fully saturated rings. The first-order valence-corrected chi connectivity index (χ1v) is 9.74. The minimum absolute atomic E-state index is 0.0298. The van der Waals surface area contributed by atoms with Crippen molar-refractivity contribution in [2.45, 2.75) is 32.9 Å². The lowest BCUT2D eigenvalue weighted by molar-refractivity contribution is -0.385. The standard InChI is InChI=1S/C15H24N4O4S/c1-4-16-15(18-12(2)9-10-24(3,22)23)17-11-13-7-5-6-8-14(13)19(20)21/h5-8,12H,4,9-11H2,1-3H3,(H2,16,17,18). The van der Waals surface area contributed by atoms with E-state index in [4.69, 9.17) is 0 Å². The van der Waals surface area contributed by atoms with Gasteiger partial charge in [-0.15, -0.1) is 0 Å². The number of nitro groups is 1. The number of rotatable bonds is 8. The maximum absolute atomic E-state index is 11.2. The number of nitrogens with one attached hydrogen (secondary N) is 2. The first-order valence-electron chi connectivity index (χ1n) is 7.67. The Morgan fingerprint density at radius 3 is 2.62 bits per heavy atom. The lowest BCUT2D eigenvalue weighted by Gasteiger charge is -2.17. The maximum Gasteiger partial charge on any atom is 0.274 e.